The maximum absolute atomic E-state index is 12.5. The van der Waals surface area contributed by atoms with Gasteiger partial charge in [0.15, 0.2) is 0 Å². The van der Waals surface area contributed by atoms with Crippen molar-refractivity contribution in [3.05, 3.63) is 0 Å². The number of nitrogens with two attached hydrogens (primary N) is 1. The van der Waals surface area contributed by atoms with Crippen LogP contribution in [0, 0.1) is 29.6 Å². The summed E-state index contributed by atoms with van der Waals surface area (Å²) in [6.45, 7) is 2.00. The van der Waals surface area contributed by atoms with E-state index in [-0.39, 0.29) is 5.91 Å². The molecule has 19 heavy (non-hydrogen) atoms. The Hall–Kier alpha value is -0.570. The quantitative estimate of drug-likeness (QED) is 0.818. The molecule has 0 saturated heterocycles. The van der Waals surface area contributed by atoms with E-state index in [4.69, 9.17) is 5.73 Å². The van der Waals surface area contributed by atoms with Gasteiger partial charge in [-0.05, 0) is 81.5 Å². The predicted octanol–water partition coefficient (Wildman–Crippen LogP) is 2.05. The van der Waals surface area contributed by atoms with Crippen LogP contribution in [0.4, 0.5) is 0 Å². The Morgan fingerprint density at radius 1 is 1.05 bits per heavy atom. The van der Waals surface area contributed by atoms with Crippen LogP contribution in [0.2, 0.25) is 0 Å². The van der Waals surface area contributed by atoms with E-state index in [1.165, 1.54) is 32.1 Å². The van der Waals surface area contributed by atoms with Gasteiger partial charge < -0.3 is 11.1 Å². The molecule has 3 heteroatoms. The molecular weight excluding hydrogens is 236 g/mol. The van der Waals surface area contributed by atoms with E-state index in [1.807, 2.05) is 6.92 Å². The first-order valence-corrected chi connectivity index (χ1v) is 8.14. The molecule has 1 unspecified atom stereocenters. The fourth-order valence-corrected chi connectivity index (χ4v) is 5.62. The van der Waals surface area contributed by atoms with Crippen molar-refractivity contribution in [1.82, 2.24) is 5.32 Å². The number of carbonyl (C=O) groups is 1. The van der Waals surface area contributed by atoms with E-state index in [2.05, 4.69) is 5.32 Å². The van der Waals surface area contributed by atoms with Crippen molar-refractivity contribution in [3.8, 4) is 0 Å². The van der Waals surface area contributed by atoms with Gasteiger partial charge in [-0.3, -0.25) is 4.79 Å². The van der Waals surface area contributed by atoms with Gasteiger partial charge in [-0.15, -0.1) is 0 Å². The van der Waals surface area contributed by atoms with Gasteiger partial charge in [-0.1, -0.05) is 0 Å². The summed E-state index contributed by atoms with van der Waals surface area (Å²) in [6.07, 6.45) is 9.08. The lowest BCUT2D eigenvalue weighted by Crippen LogP contribution is -2.64. The van der Waals surface area contributed by atoms with Crippen molar-refractivity contribution >= 4 is 5.91 Å². The molecular formula is C16H26N2O. The van der Waals surface area contributed by atoms with Gasteiger partial charge in [-0.25, -0.2) is 0 Å². The first-order valence-electron chi connectivity index (χ1n) is 8.14. The summed E-state index contributed by atoms with van der Waals surface area (Å²) < 4.78 is 0. The molecule has 5 fully saturated rings. The molecule has 5 saturated carbocycles. The molecule has 3 N–H and O–H groups in total. The van der Waals surface area contributed by atoms with Crippen LogP contribution < -0.4 is 11.1 Å². The number of carbonyl (C=O) groups excluding carboxylic acids is 1. The molecule has 4 bridgehead atoms. The van der Waals surface area contributed by atoms with Gasteiger partial charge in [-0.2, -0.15) is 0 Å². The number of hydrogen-bond donors (Lipinski definition) is 2. The van der Waals surface area contributed by atoms with Crippen LogP contribution >= 0.6 is 0 Å². The third-order valence-electron chi connectivity index (χ3n) is 6.32. The molecule has 1 amide bonds. The minimum Gasteiger partial charge on any atom is -0.352 e. The molecule has 0 heterocycles. The van der Waals surface area contributed by atoms with E-state index in [0.717, 1.165) is 36.5 Å². The van der Waals surface area contributed by atoms with Crippen LogP contribution in [-0.2, 0) is 4.79 Å². The van der Waals surface area contributed by atoms with Crippen LogP contribution in [0.5, 0.6) is 0 Å². The molecule has 3 nitrogen and oxygen atoms in total. The first-order chi connectivity index (χ1) is 9.04. The fourth-order valence-electron chi connectivity index (χ4n) is 5.62. The van der Waals surface area contributed by atoms with Crippen molar-refractivity contribution in [1.29, 1.82) is 0 Å². The molecule has 0 radical (unpaired) electrons. The summed E-state index contributed by atoms with van der Waals surface area (Å²) in [5.41, 5.74) is 5.90. The number of amides is 1. The summed E-state index contributed by atoms with van der Waals surface area (Å²) in [5, 5.41) is 3.14. The van der Waals surface area contributed by atoms with Crippen LogP contribution in [0.15, 0.2) is 0 Å². The van der Waals surface area contributed by atoms with E-state index in [9.17, 15) is 4.79 Å². The monoisotopic (exact) mass is 262 g/mol. The Morgan fingerprint density at radius 2 is 1.58 bits per heavy atom. The Balaban J connectivity index is 1.55. The lowest BCUT2D eigenvalue weighted by Gasteiger charge is -2.58. The number of nitrogens with one attached hydrogen (secondary N) is 1. The van der Waals surface area contributed by atoms with Gasteiger partial charge in [0, 0.05) is 6.04 Å². The summed E-state index contributed by atoms with van der Waals surface area (Å²) >= 11 is 0. The van der Waals surface area contributed by atoms with Gasteiger partial charge in [0.05, 0.1) is 5.54 Å². The molecule has 5 aliphatic carbocycles. The highest BCUT2D eigenvalue weighted by molar-refractivity contribution is 5.86. The number of hydrogen-bond acceptors (Lipinski definition) is 2. The van der Waals surface area contributed by atoms with Crippen molar-refractivity contribution in [2.45, 2.75) is 63.5 Å². The second kappa shape index (κ2) is 3.97. The minimum atomic E-state index is -0.648. The second-order valence-corrected chi connectivity index (χ2v) is 7.99. The zero-order valence-electron chi connectivity index (χ0n) is 11.9. The predicted molar refractivity (Wildman–Crippen MR) is 74.3 cm³/mol. The third-order valence-corrected chi connectivity index (χ3v) is 6.32. The van der Waals surface area contributed by atoms with E-state index in [0.29, 0.717) is 12.0 Å². The minimum absolute atomic E-state index is 0.118. The van der Waals surface area contributed by atoms with Gasteiger partial charge in [0.25, 0.3) is 0 Å². The highest BCUT2D eigenvalue weighted by atomic mass is 16.2. The Bertz CT molecular complexity index is 372. The van der Waals surface area contributed by atoms with Crippen molar-refractivity contribution in [2.24, 2.45) is 35.3 Å². The molecule has 0 spiro atoms. The Kier molecular flexibility index (Phi) is 2.55. The van der Waals surface area contributed by atoms with Crippen molar-refractivity contribution in [3.63, 3.8) is 0 Å². The standard InChI is InChI=1S/C16H26N2O/c1-16(17,15(19)18-13-2-3-13)14-11-5-9-4-10(7-11)8-12(14)6-9/h9-14H,2-8,17H2,1H3,(H,18,19). The summed E-state index contributed by atoms with van der Waals surface area (Å²) in [4.78, 5) is 12.5. The highest BCUT2D eigenvalue weighted by Gasteiger charge is 2.55. The maximum Gasteiger partial charge on any atom is 0.240 e. The molecule has 0 aromatic heterocycles. The topological polar surface area (TPSA) is 55.1 Å². The zero-order chi connectivity index (χ0) is 13.2. The molecule has 106 valence electrons. The molecule has 0 aromatic rings. The Morgan fingerprint density at radius 3 is 2.05 bits per heavy atom. The van der Waals surface area contributed by atoms with Crippen LogP contribution in [0.1, 0.15) is 51.9 Å². The summed E-state index contributed by atoms with van der Waals surface area (Å²) in [6, 6.07) is 0.423. The van der Waals surface area contributed by atoms with E-state index >= 15 is 0 Å². The normalized spacial score (nSPS) is 46.9. The summed E-state index contributed by atoms with van der Waals surface area (Å²) in [7, 11) is 0. The van der Waals surface area contributed by atoms with E-state index < -0.39 is 5.54 Å². The highest BCUT2D eigenvalue weighted by Crippen LogP contribution is 2.58. The first kappa shape index (κ1) is 12.2. The lowest BCUT2D eigenvalue weighted by atomic mass is 9.48. The van der Waals surface area contributed by atoms with Gasteiger partial charge in [0.2, 0.25) is 5.91 Å². The fraction of sp³-hybridized carbons (Fsp3) is 0.938. The molecule has 5 aliphatic rings. The zero-order valence-corrected chi connectivity index (χ0v) is 11.9. The Labute approximate surface area is 115 Å². The van der Waals surface area contributed by atoms with Crippen molar-refractivity contribution < 1.29 is 4.79 Å². The lowest BCUT2D eigenvalue weighted by molar-refractivity contribution is -0.136. The SMILES string of the molecule is CC(N)(C(=O)NC1CC1)C1C2CC3CC(C2)CC1C3. The second-order valence-electron chi connectivity index (χ2n) is 7.99. The number of rotatable bonds is 3. The van der Waals surface area contributed by atoms with Crippen LogP contribution in [0.3, 0.4) is 0 Å². The summed E-state index contributed by atoms with van der Waals surface area (Å²) in [5.74, 6) is 3.88. The molecule has 5 rings (SSSR count). The van der Waals surface area contributed by atoms with Gasteiger partial charge in [0.1, 0.15) is 0 Å². The average molecular weight is 262 g/mol. The van der Waals surface area contributed by atoms with Crippen LogP contribution in [-0.4, -0.2) is 17.5 Å². The largest absolute Gasteiger partial charge is 0.352 e. The third kappa shape index (κ3) is 1.93. The van der Waals surface area contributed by atoms with E-state index in [1.54, 1.807) is 0 Å². The molecule has 0 aliphatic heterocycles. The smallest absolute Gasteiger partial charge is 0.240 e. The average Bonchev–Trinajstić information content (AvgIpc) is 3.10. The van der Waals surface area contributed by atoms with Crippen LogP contribution in [0.25, 0.3) is 0 Å². The van der Waals surface area contributed by atoms with Gasteiger partial charge >= 0.3 is 0 Å². The molecule has 0 aromatic carbocycles. The molecule has 1 atom stereocenters. The van der Waals surface area contributed by atoms with Crippen molar-refractivity contribution in [2.75, 3.05) is 0 Å². The maximum atomic E-state index is 12.5.